The minimum Gasteiger partial charge on any atom is -0.505 e. The largest absolute Gasteiger partial charge is 0.505 e. The summed E-state index contributed by atoms with van der Waals surface area (Å²) in [6.45, 7) is 0.207. The van der Waals surface area contributed by atoms with Crippen LogP contribution in [0.1, 0.15) is 12.0 Å². The molecule has 6 heteroatoms. The van der Waals surface area contributed by atoms with E-state index >= 15 is 0 Å². The lowest BCUT2D eigenvalue weighted by atomic mass is 10.2. The van der Waals surface area contributed by atoms with E-state index in [1.807, 2.05) is 0 Å². The second-order valence-electron chi connectivity index (χ2n) is 2.80. The van der Waals surface area contributed by atoms with Crippen LogP contribution in [0.5, 0.6) is 5.75 Å². The molecule has 0 atom stereocenters. The Labute approximate surface area is 90.1 Å². The van der Waals surface area contributed by atoms with E-state index in [0.29, 0.717) is 6.42 Å². The maximum atomic E-state index is 12.8. The van der Waals surface area contributed by atoms with Gasteiger partial charge in [0.15, 0.2) is 17.4 Å². The van der Waals surface area contributed by atoms with E-state index in [1.54, 1.807) is 0 Å². The van der Waals surface area contributed by atoms with Gasteiger partial charge in [0.2, 0.25) is 0 Å². The highest BCUT2D eigenvalue weighted by Crippen LogP contribution is 2.19. The summed E-state index contributed by atoms with van der Waals surface area (Å²) in [6.07, 6.45) is 0.309. The normalized spacial score (nSPS) is 8.88. The summed E-state index contributed by atoms with van der Waals surface area (Å²) in [6, 6.07) is 1.91. The molecule has 0 heterocycles. The fourth-order valence-electron chi connectivity index (χ4n) is 0.962. The molecular formula is C10H7F2N3O. The molecule has 0 amide bonds. The van der Waals surface area contributed by atoms with Gasteiger partial charge in [0.1, 0.15) is 0 Å². The van der Waals surface area contributed by atoms with Gasteiger partial charge in [-0.05, 0) is 17.7 Å². The van der Waals surface area contributed by atoms with Crippen molar-refractivity contribution >= 4 is 0 Å². The third kappa shape index (κ3) is 3.15. The number of azide groups is 1. The molecule has 0 saturated carbocycles. The van der Waals surface area contributed by atoms with E-state index in [0.717, 1.165) is 12.1 Å². The predicted molar refractivity (Wildman–Crippen MR) is 53.5 cm³/mol. The zero-order chi connectivity index (χ0) is 12.0. The van der Waals surface area contributed by atoms with Gasteiger partial charge in [-0.3, -0.25) is 0 Å². The Hall–Kier alpha value is -2.25. The highest BCUT2D eigenvalue weighted by molar-refractivity contribution is 5.40. The molecule has 0 aliphatic carbocycles. The lowest BCUT2D eigenvalue weighted by molar-refractivity contribution is 0.407. The Balaban J connectivity index is 2.78. The molecule has 4 nitrogen and oxygen atoms in total. The van der Waals surface area contributed by atoms with Crippen molar-refractivity contribution in [1.29, 1.82) is 0 Å². The third-order valence-electron chi connectivity index (χ3n) is 1.64. The molecule has 0 aliphatic heterocycles. The molecule has 82 valence electrons. The summed E-state index contributed by atoms with van der Waals surface area (Å²) >= 11 is 0. The van der Waals surface area contributed by atoms with Crippen molar-refractivity contribution in [2.45, 2.75) is 6.42 Å². The highest BCUT2D eigenvalue weighted by atomic mass is 19.2. The van der Waals surface area contributed by atoms with Gasteiger partial charge < -0.3 is 5.11 Å². The molecule has 0 aliphatic rings. The third-order valence-corrected chi connectivity index (χ3v) is 1.64. The average molecular weight is 223 g/mol. The quantitative estimate of drug-likeness (QED) is 0.270. The van der Waals surface area contributed by atoms with Crippen LogP contribution in [-0.2, 0) is 0 Å². The van der Waals surface area contributed by atoms with E-state index < -0.39 is 17.4 Å². The van der Waals surface area contributed by atoms with Crippen LogP contribution in [0.3, 0.4) is 0 Å². The van der Waals surface area contributed by atoms with Crippen molar-refractivity contribution in [3.05, 3.63) is 39.8 Å². The number of halogens is 2. The summed E-state index contributed by atoms with van der Waals surface area (Å²) in [5.74, 6) is 1.88. The van der Waals surface area contributed by atoms with Crippen molar-refractivity contribution in [2.75, 3.05) is 6.54 Å². The summed E-state index contributed by atoms with van der Waals surface area (Å²) in [7, 11) is 0. The molecule has 16 heavy (non-hydrogen) atoms. The topological polar surface area (TPSA) is 69.0 Å². The Morgan fingerprint density at radius 2 is 2.19 bits per heavy atom. The second-order valence-corrected chi connectivity index (χ2v) is 2.80. The molecule has 1 aromatic rings. The molecule has 0 bridgehead atoms. The van der Waals surface area contributed by atoms with Gasteiger partial charge in [-0.25, -0.2) is 4.39 Å². The second kappa shape index (κ2) is 5.59. The first kappa shape index (κ1) is 11.8. The number of benzene rings is 1. The van der Waals surface area contributed by atoms with E-state index in [2.05, 4.69) is 21.9 Å². The Morgan fingerprint density at radius 1 is 1.44 bits per heavy atom. The highest BCUT2D eigenvalue weighted by Gasteiger charge is 2.07. The average Bonchev–Trinajstić information content (AvgIpc) is 2.25. The molecule has 1 rings (SSSR count). The first-order valence-corrected chi connectivity index (χ1v) is 4.33. The number of rotatable bonds is 2. The van der Waals surface area contributed by atoms with Gasteiger partial charge in [-0.1, -0.05) is 17.0 Å². The van der Waals surface area contributed by atoms with Crippen LogP contribution < -0.4 is 0 Å². The first-order chi connectivity index (χ1) is 7.65. The molecule has 0 fully saturated rings. The van der Waals surface area contributed by atoms with Crippen LogP contribution in [0.2, 0.25) is 0 Å². The fourth-order valence-corrected chi connectivity index (χ4v) is 0.962. The number of hydrogen-bond donors (Lipinski definition) is 1. The van der Waals surface area contributed by atoms with Crippen molar-refractivity contribution < 1.29 is 13.9 Å². The fraction of sp³-hybridized carbons (Fsp3) is 0.200. The van der Waals surface area contributed by atoms with Gasteiger partial charge in [-0.15, -0.1) is 0 Å². The lowest BCUT2D eigenvalue weighted by Gasteiger charge is -1.97. The molecule has 0 spiro atoms. The zero-order valence-corrected chi connectivity index (χ0v) is 8.11. The van der Waals surface area contributed by atoms with Gasteiger partial charge >= 0.3 is 0 Å². The van der Waals surface area contributed by atoms with E-state index in [1.165, 1.54) is 0 Å². The van der Waals surface area contributed by atoms with E-state index in [9.17, 15) is 8.78 Å². The van der Waals surface area contributed by atoms with E-state index in [4.69, 9.17) is 10.6 Å². The molecular weight excluding hydrogens is 216 g/mol. The smallest absolute Gasteiger partial charge is 0.200 e. The number of phenolic OH excluding ortho intramolecular Hbond substituents is 1. The van der Waals surface area contributed by atoms with Gasteiger partial charge in [0.25, 0.3) is 0 Å². The first-order valence-electron chi connectivity index (χ1n) is 4.33. The number of hydrogen-bond acceptors (Lipinski definition) is 2. The van der Waals surface area contributed by atoms with Crippen LogP contribution in [0, 0.1) is 23.5 Å². The number of phenols is 1. The molecule has 0 unspecified atom stereocenters. The van der Waals surface area contributed by atoms with Crippen LogP contribution in [0.25, 0.3) is 10.4 Å². The molecule has 0 radical (unpaired) electrons. The van der Waals surface area contributed by atoms with Crippen LogP contribution in [-0.4, -0.2) is 11.7 Å². The predicted octanol–water partition coefficient (Wildman–Crippen LogP) is 2.72. The Morgan fingerprint density at radius 3 is 2.81 bits per heavy atom. The summed E-state index contributed by atoms with van der Waals surface area (Å²) in [5, 5.41) is 12.2. The zero-order valence-electron chi connectivity index (χ0n) is 8.11. The van der Waals surface area contributed by atoms with Crippen molar-refractivity contribution in [3.8, 4) is 17.6 Å². The minimum atomic E-state index is -1.29. The molecule has 1 aromatic carbocycles. The molecule has 1 N–H and O–H groups in total. The molecule has 0 saturated heterocycles. The number of nitrogens with zero attached hydrogens (tertiary/aromatic N) is 3. The summed E-state index contributed by atoms with van der Waals surface area (Å²) in [5.41, 5.74) is 8.14. The standard InChI is InChI=1S/C10H7F2N3O/c11-8-5-7(6-9(16)10(8)12)3-1-2-4-14-15-13/h5-6,16H,2,4H2. The van der Waals surface area contributed by atoms with Crippen LogP contribution in [0.15, 0.2) is 17.2 Å². The van der Waals surface area contributed by atoms with Crippen molar-refractivity contribution in [3.63, 3.8) is 0 Å². The monoisotopic (exact) mass is 223 g/mol. The maximum Gasteiger partial charge on any atom is 0.200 e. The van der Waals surface area contributed by atoms with Gasteiger partial charge in [0, 0.05) is 23.4 Å². The Bertz CT molecular complexity index is 476. The van der Waals surface area contributed by atoms with Crippen LogP contribution >= 0.6 is 0 Å². The summed E-state index contributed by atoms with van der Waals surface area (Å²) < 4.78 is 25.5. The number of aromatic hydroxyl groups is 1. The molecule has 0 aromatic heterocycles. The van der Waals surface area contributed by atoms with Gasteiger partial charge in [0.05, 0.1) is 0 Å². The van der Waals surface area contributed by atoms with Gasteiger partial charge in [-0.2, -0.15) is 4.39 Å². The lowest BCUT2D eigenvalue weighted by Crippen LogP contribution is -1.86. The van der Waals surface area contributed by atoms with Crippen molar-refractivity contribution in [1.82, 2.24) is 0 Å². The van der Waals surface area contributed by atoms with Crippen molar-refractivity contribution in [2.24, 2.45) is 5.11 Å². The summed E-state index contributed by atoms with van der Waals surface area (Å²) in [4.78, 5) is 2.53. The minimum absolute atomic E-state index is 0.164. The van der Waals surface area contributed by atoms with Crippen LogP contribution in [0.4, 0.5) is 8.78 Å². The van der Waals surface area contributed by atoms with E-state index in [-0.39, 0.29) is 12.1 Å². The maximum absolute atomic E-state index is 12.8. The Kier molecular flexibility index (Phi) is 4.13. The SMILES string of the molecule is [N-]=[N+]=NCCC#Cc1cc(O)c(F)c(F)c1.